The number of nitrogens with one attached hydrogen (secondary N) is 2. The molecule has 0 saturated heterocycles. The highest BCUT2D eigenvalue weighted by molar-refractivity contribution is 14.0. The van der Waals surface area contributed by atoms with Gasteiger partial charge in [-0.1, -0.05) is 19.3 Å². The van der Waals surface area contributed by atoms with Crippen LogP contribution in [0.15, 0.2) is 4.99 Å². The Morgan fingerprint density at radius 1 is 1.22 bits per heavy atom. The number of hydrogen-bond donors (Lipinski definition) is 2. The molecule has 0 unspecified atom stereocenters. The lowest BCUT2D eigenvalue weighted by Gasteiger charge is -2.25. The molecule has 0 aromatic rings. The van der Waals surface area contributed by atoms with E-state index in [0.717, 1.165) is 25.5 Å². The predicted octanol–water partition coefficient (Wildman–Crippen LogP) is 2.05. The first-order valence-corrected chi connectivity index (χ1v) is 6.84. The van der Waals surface area contributed by atoms with Gasteiger partial charge < -0.3 is 15.5 Å². The first kappa shape index (κ1) is 18.0. The molecule has 4 nitrogen and oxygen atoms in total. The van der Waals surface area contributed by atoms with E-state index in [0.29, 0.717) is 6.04 Å². The SMILES string of the molecule is CN=C(NCCCN(C)C)NC1CCCCC1.I. The first-order valence-electron chi connectivity index (χ1n) is 6.84. The Balaban J connectivity index is 0.00000289. The number of halogens is 1. The number of guanidine groups is 1. The van der Waals surface area contributed by atoms with Crippen molar-refractivity contribution in [1.29, 1.82) is 0 Å². The lowest BCUT2D eigenvalue weighted by Crippen LogP contribution is -2.44. The summed E-state index contributed by atoms with van der Waals surface area (Å²) in [6, 6.07) is 0.629. The van der Waals surface area contributed by atoms with Gasteiger partial charge in [0, 0.05) is 19.6 Å². The van der Waals surface area contributed by atoms with Gasteiger partial charge in [-0.05, 0) is 39.9 Å². The van der Waals surface area contributed by atoms with Crippen LogP contribution in [0.25, 0.3) is 0 Å². The minimum absolute atomic E-state index is 0. The highest BCUT2D eigenvalue weighted by Crippen LogP contribution is 2.17. The third-order valence-corrected chi connectivity index (χ3v) is 3.24. The smallest absolute Gasteiger partial charge is 0.191 e. The minimum Gasteiger partial charge on any atom is -0.356 e. The average molecular weight is 368 g/mol. The van der Waals surface area contributed by atoms with Crippen molar-refractivity contribution in [1.82, 2.24) is 15.5 Å². The molecule has 5 heteroatoms. The van der Waals surface area contributed by atoms with Crippen molar-refractivity contribution < 1.29 is 0 Å². The first-order chi connectivity index (χ1) is 8.22. The summed E-state index contributed by atoms with van der Waals surface area (Å²) in [5, 5.41) is 6.90. The van der Waals surface area contributed by atoms with Crippen molar-refractivity contribution in [2.75, 3.05) is 34.2 Å². The molecule has 0 aromatic heterocycles. The molecule has 0 heterocycles. The normalized spacial score (nSPS) is 17.4. The molecule has 108 valence electrons. The lowest BCUT2D eigenvalue weighted by atomic mass is 9.96. The summed E-state index contributed by atoms with van der Waals surface area (Å²) in [6.45, 7) is 2.11. The minimum atomic E-state index is 0. The van der Waals surface area contributed by atoms with Crippen molar-refractivity contribution in [3.63, 3.8) is 0 Å². The second kappa shape index (κ2) is 10.8. The van der Waals surface area contributed by atoms with Crippen LogP contribution >= 0.6 is 24.0 Å². The van der Waals surface area contributed by atoms with Gasteiger partial charge in [0.25, 0.3) is 0 Å². The van der Waals surface area contributed by atoms with Gasteiger partial charge in [0.05, 0.1) is 0 Å². The molecule has 0 spiro atoms. The molecule has 2 N–H and O–H groups in total. The third kappa shape index (κ3) is 8.13. The number of hydrogen-bond acceptors (Lipinski definition) is 2. The van der Waals surface area contributed by atoms with Crippen molar-refractivity contribution >= 4 is 29.9 Å². The van der Waals surface area contributed by atoms with E-state index >= 15 is 0 Å². The summed E-state index contributed by atoms with van der Waals surface area (Å²) in [5.74, 6) is 0.968. The second-order valence-corrected chi connectivity index (χ2v) is 5.14. The fourth-order valence-electron chi connectivity index (χ4n) is 2.24. The highest BCUT2D eigenvalue weighted by Gasteiger charge is 2.13. The van der Waals surface area contributed by atoms with Gasteiger partial charge in [-0.25, -0.2) is 0 Å². The van der Waals surface area contributed by atoms with E-state index in [2.05, 4.69) is 34.6 Å². The summed E-state index contributed by atoms with van der Waals surface area (Å²) < 4.78 is 0. The maximum Gasteiger partial charge on any atom is 0.191 e. The molecule has 0 bridgehead atoms. The third-order valence-electron chi connectivity index (χ3n) is 3.24. The van der Waals surface area contributed by atoms with Crippen molar-refractivity contribution in [2.45, 2.75) is 44.6 Å². The van der Waals surface area contributed by atoms with Gasteiger partial charge in [0.2, 0.25) is 0 Å². The Labute approximate surface area is 129 Å². The molecule has 1 fully saturated rings. The van der Waals surface area contributed by atoms with Crippen LogP contribution in [0.1, 0.15) is 38.5 Å². The Morgan fingerprint density at radius 2 is 1.89 bits per heavy atom. The maximum atomic E-state index is 4.28. The van der Waals surface area contributed by atoms with Crippen LogP contribution in [0.5, 0.6) is 0 Å². The predicted molar refractivity (Wildman–Crippen MR) is 90.0 cm³/mol. The Morgan fingerprint density at radius 3 is 2.44 bits per heavy atom. The zero-order chi connectivity index (χ0) is 12.5. The van der Waals surface area contributed by atoms with Crippen LogP contribution < -0.4 is 10.6 Å². The monoisotopic (exact) mass is 368 g/mol. The van der Waals surface area contributed by atoms with Crippen LogP contribution in [0.2, 0.25) is 0 Å². The number of nitrogens with zero attached hydrogens (tertiary/aromatic N) is 2. The van der Waals surface area contributed by atoms with E-state index in [1.807, 2.05) is 7.05 Å². The van der Waals surface area contributed by atoms with Gasteiger partial charge in [0.1, 0.15) is 0 Å². The zero-order valence-corrected chi connectivity index (χ0v) is 14.4. The van der Waals surface area contributed by atoms with Crippen molar-refractivity contribution in [2.24, 2.45) is 4.99 Å². The summed E-state index contributed by atoms with van der Waals surface area (Å²) in [5.41, 5.74) is 0. The standard InChI is InChI=1S/C13H28N4.HI/c1-14-13(15-10-7-11-17(2)3)16-12-8-5-4-6-9-12;/h12H,4-11H2,1-3H3,(H2,14,15,16);1H. The number of aliphatic imine (C=N–C) groups is 1. The Hall–Kier alpha value is -0.0400. The molecule has 0 amide bonds. The van der Waals surface area contributed by atoms with E-state index in [4.69, 9.17) is 0 Å². The molecule has 0 aromatic carbocycles. The molecule has 0 radical (unpaired) electrons. The van der Waals surface area contributed by atoms with Crippen molar-refractivity contribution in [3.05, 3.63) is 0 Å². The quantitative estimate of drug-likeness (QED) is 0.338. The molecular formula is C13H29IN4. The fourth-order valence-corrected chi connectivity index (χ4v) is 2.24. The summed E-state index contributed by atoms with van der Waals surface area (Å²) in [7, 11) is 6.06. The van der Waals surface area contributed by atoms with Gasteiger partial charge in [-0.15, -0.1) is 24.0 Å². The highest BCUT2D eigenvalue weighted by atomic mass is 127. The molecular weight excluding hydrogens is 339 g/mol. The van der Waals surface area contributed by atoms with Crippen LogP contribution in [-0.2, 0) is 0 Å². The van der Waals surface area contributed by atoms with Gasteiger partial charge in [0.15, 0.2) is 5.96 Å². The molecule has 18 heavy (non-hydrogen) atoms. The molecule has 1 aliphatic rings. The largest absolute Gasteiger partial charge is 0.356 e. The van der Waals surface area contributed by atoms with E-state index in [9.17, 15) is 0 Å². The van der Waals surface area contributed by atoms with Gasteiger partial charge >= 0.3 is 0 Å². The molecule has 0 atom stereocenters. The van der Waals surface area contributed by atoms with Gasteiger partial charge in [-0.3, -0.25) is 4.99 Å². The fraction of sp³-hybridized carbons (Fsp3) is 0.923. The van der Waals surface area contributed by atoms with Crippen LogP contribution in [-0.4, -0.2) is 51.1 Å². The topological polar surface area (TPSA) is 39.7 Å². The Kier molecular flexibility index (Phi) is 10.8. The molecule has 1 aliphatic carbocycles. The lowest BCUT2D eigenvalue weighted by molar-refractivity contribution is 0.395. The van der Waals surface area contributed by atoms with E-state index in [1.165, 1.54) is 32.1 Å². The van der Waals surface area contributed by atoms with Crippen LogP contribution in [0.3, 0.4) is 0 Å². The zero-order valence-electron chi connectivity index (χ0n) is 12.0. The van der Waals surface area contributed by atoms with Gasteiger partial charge in [-0.2, -0.15) is 0 Å². The molecule has 1 rings (SSSR count). The van der Waals surface area contributed by atoms with Crippen LogP contribution in [0, 0.1) is 0 Å². The summed E-state index contributed by atoms with van der Waals surface area (Å²) >= 11 is 0. The van der Waals surface area contributed by atoms with Crippen LogP contribution in [0.4, 0.5) is 0 Å². The second-order valence-electron chi connectivity index (χ2n) is 5.14. The van der Waals surface area contributed by atoms with Crippen molar-refractivity contribution in [3.8, 4) is 0 Å². The maximum absolute atomic E-state index is 4.28. The number of rotatable bonds is 5. The average Bonchev–Trinajstić information content (AvgIpc) is 2.34. The molecule has 1 saturated carbocycles. The summed E-state index contributed by atoms with van der Waals surface area (Å²) in [6.07, 6.45) is 7.84. The van der Waals surface area contributed by atoms with E-state index < -0.39 is 0 Å². The van der Waals surface area contributed by atoms with E-state index in [1.54, 1.807) is 0 Å². The molecule has 0 aliphatic heterocycles. The Bertz CT molecular complexity index is 225. The van der Waals surface area contributed by atoms with E-state index in [-0.39, 0.29) is 24.0 Å². The summed E-state index contributed by atoms with van der Waals surface area (Å²) in [4.78, 5) is 6.49.